The maximum atomic E-state index is 13.5. The number of carbonyl (C=O) groups is 4. The van der Waals surface area contributed by atoms with Crippen LogP contribution < -0.4 is 16.0 Å². The second kappa shape index (κ2) is 16.4. The number of thioether (sulfide) groups is 1. The smallest absolute Gasteiger partial charge is 0.341 e. The van der Waals surface area contributed by atoms with Crippen LogP contribution in [0.4, 0.5) is 10.7 Å². The molecule has 1 aromatic heterocycles. The van der Waals surface area contributed by atoms with E-state index in [0.29, 0.717) is 21.8 Å². The molecule has 3 aromatic carbocycles. The first-order valence-electron chi connectivity index (χ1n) is 16.1. The van der Waals surface area contributed by atoms with Crippen molar-refractivity contribution in [2.45, 2.75) is 63.0 Å². The van der Waals surface area contributed by atoms with Crippen LogP contribution in [0.25, 0.3) is 6.08 Å². The summed E-state index contributed by atoms with van der Waals surface area (Å²) in [6, 6.07) is 23.5. The Morgan fingerprint density at radius 3 is 2.42 bits per heavy atom. The second-order valence-electron chi connectivity index (χ2n) is 11.5. The Kier molecular flexibility index (Phi) is 11.9. The van der Waals surface area contributed by atoms with Crippen LogP contribution in [0.5, 0.6) is 0 Å². The molecule has 0 saturated heterocycles. The quantitative estimate of drug-likeness (QED) is 0.0640. The molecule has 0 aliphatic heterocycles. The number of anilines is 2. The van der Waals surface area contributed by atoms with Crippen molar-refractivity contribution >= 4 is 63.6 Å². The number of ether oxygens (including phenoxy) is 1. The first-order chi connectivity index (χ1) is 23.2. The SMILES string of the molecule is CCOC(=O)c1c(NC(=O)C(C)Sc2cccc(NC(=O)/C(=C\c3ccc(C)cc3)NC(=O)c3ccccc3)c2)sc2c1CCCCC2. The molecule has 5 rings (SSSR count). The molecule has 0 fully saturated rings. The van der Waals surface area contributed by atoms with Gasteiger partial charge in [0.25, 0.3) is 11.8 Å². The Hall–Kier alpha value is -4.67. The molecule has 1 aliphatic rings. The number of rotatable bonds is 11. The van der Waals surface area contributed by atoms with E-state index in [1.54, 1.807) is 62.4 Å². The highest BCUT2D eigenvalue weighted by atomic mass is 32.2. The van der Waals surface area contributed by atoms with Crippen molar-refractivity contribution in [3.8, 4) is 0 Å². The lowest BCUT2D eigenvalue weighted by atomic mass is 10.1. The zero-order chi connectivity index (χ0) is 34.0. The van der Waals surface area contributed by atoms with Gasteiger partial charge in [0.15, 0.2) is 0 Å². The number of nitrogens with one attached hydrogen (secondary N) is 3. The Morgan fingerprint density at radius 2 is 1.67 bits per heavy atom. The molecule has 10 heteroatoms. The van der Waals surface area contributed by atoms with Crippen LogP contribution in [0.1, 0.15) is 75.4 Å². The number of fused-ring (bicyclic) bond motifs is 1. The van der Waals surface area contributed by atoms with Crippen molar-refractivity contribution in [2.24, 2.45) is 0 Å². The predicted octanol–water partition coefficient (Wildman–Crippen LogP) is 8.03. The number of thiophene rings is 1. The Bertz CT molecular complexity index is 1820. The molecule has 0 saturated carbocycles. The van der Waals surface area contributed by atoms with E-state index in [2.05, 4.69) is 16.0 Å². The van der Waals surface area contributed by atoms with Gasteiger partial charge in [-0.2, -0.15) is 0 Å². The van der Waals surface area contributed by atoms with Gasteiger partial charge in [0.05, 0.1) is 17.4 Å². The first-order valence-corrected chi connectivity index (χ1v) is 17.8. The van der Waals surface area contributed by atoms with E-state index in [1.807, 2.05) is 43.3 Å². The van der Waals surface area contributed by atoms with Crippen LogP contribution in [-0.2, 0) is 27.2 Å². The minimum atomic E-state index is -0.505. The second-order valence-corrected chi connectivity index (χ2v) is 14.0. The minimum Gasteiger partial charge on any atom is -0.462 e. The molecule has 248 valence electrons. The molecule has 3 N–H and O–H groups in total. The third kappa shape index (κ3) is 9.02. The fourth-order valence-corrected chi connectivity index (χ4v) is 7.55. The number of amides is 3. The third-order valence-electron chi connectivity index (χ3n) is 7.83. The monoisotopic (exact) mass is 681 g/mol. The zero-order valence-electron chi connectivity index (χ0n) is 27.3. The highest BCUT2D eigenvalue weighted by molar-refractivity contribution is 8.00. The topological polar surface area (TPSA) is 114 Å². The van der Waals surface area contributed by atoms with Gasteiger partial charge in [0.2, 0.25) is 5.91 Å². The van der Waals surface area contributed by atoms with Gasteiger partial charge in [0.1, 0.15) is 10.7 Å². The lowest BCUT2D eigenvalue weighted by Crippen LogP contribution is -2.30. The molecule has 1 heterocycles. The zero-order valence-corrected chi connectivity index (χ0v) is 28.9. The van der Waals surface area contributed by atoms with E-state index >= 15 is 0 Å². The number of hydrogen-bond acceptors (Lipinski definition) is 7. The van der Waals surface area contributed by atoms with Gasteiger partial charge in [-0.15, -0.1) is 23.1 Å². The Balaban J connectivity index is 1.29. The van der Waals surface area contributed by atoms with Gasteiger partial charge < -0.3 is 20.7 Å². The van der Waals surface area contributed by atoms with Gasteiger partial charge in [-0.3, -0.25) is 14.4 Å². The highest BCUT2D eigenvalue weighted by Crippen LogP contribution is 2.38. The van der Waals surface area contributed by atoms with E-state index < -0.39 is 23.0 Å². The summed E-state index contributed by atoms with van der Waals surface area (Å²) in [4.78, 5) is 54.8. The maximum absolute atomic E-state index is 13.5. The molecule has 0 spiro atoms. The standard InChI is InChI=1S/C38H39N3O5S2/c1-4-46-38(45)33-30-16-9-6-10-17-32(30)48-37(33)41-34(42)25(3)47-29-15-11-14-28(23-29)39-36(44)31(22-26-20-18-24(2)19-21-26)40-35(43)27-12-7-5-8-13-27/h5,7-8,11-15,18-23,25H,4,6,9-10,16-17H2,1-3H3,(H,39,44)(H,40,43)(H,41,42)/b31-22+. The van der Waals surface area contributed by atoms with E-state index in [1.165, 1.54) is 23.1 Å². The van der Waals surface area contributed by atoms with Crippen LogP contribution in [0.3, 0.4) is 0 Å². The van der Waals surface area contributed by atoms with Crippen molar-refractivity contribution in [3.63, 3.8) is 0 Å². The first kappa shape index (κ1) is 34.7. The minimum absolute atomic E-state index is 0.0882. The number of hydrogen-bond donors (Lipinski definition) is 3. The Morgan fingerprint density at radius 1 is 0.917 bits per heavy atom. The van der Waals surface area contributed by atoms with Crippen molar-refractivity contribution in [1.29, 1.82) is 0 Å². The van der Waals surface area contributed by atoms with Crippen molar-refractivity contribution in [2.75, 3.05) is 17.2 Å². The molecule has 1 unspecified atom stereocenters. The van der Waals surface area contributed by atoms with Gasteiger partial charge in [-0.05, 0) is 94.0 Å². The summed E-state index contributed by atoms with van der Waals surface area (Å²) in [7, 11) is 0. The van der Waals surface area contributed by atoms with Crippen LogP contribution >= 0.6 is 23.1 Å². The summed E-state index contributed by atoms with van der Waals surface area (Å²) in [5.41, 5.74) is 4.36. The number of aryl methyl sites for hydroxylation is 2. The third-order valence-corrected chi connectivity index (χ3v) is 10.1. The number of esters is 1. The molecule has 8 nitrogen and oxygen atoms in total. The fourth-order valence-electron chi connectivity index (χ4n) is 5.34. The molecule has 4 aromatic rings. The molecule has 0 radical (unpaired) electrons. The average molecular weight is 682 g/mol. The summed E-state index contributed by atoms with van der Waals surface area (Å²) in [5, 5.41) is 8.70. The summed E-state index contributed by atoms with van der Waals surface area (Å²) in [5.74, 6) is -1.52. The van der Waals surface area contributed by atoms with Crippen molar-refractivity contribution < 1.29 is 23.9 Å². The van der Waals surface area contributed by atoms with Crippen molar-refractivity contribution in [3.05, 3.63) is 117 Å². The Labute approximate surface area is 289 Å². The van der Waals surface area contributed by atoms with E-state index in [9.17, 15) is 19.2 Å². The molecule has 1 aliphatic carbocycles. The molecular weight excluding hydrogens is 643 g/mol. The van der Waals surface area contributed by atoms with Crippen LogP contribution in [0.2, 0.25) is 0 Å². The largest absolute Gasteiger partial charge is 0.462 e. The van der Waals surface area contributed by atoms with Gasteiger partial charge in [0, 0.05) is 21.0 Å². The number of benzene rings is 3. The van der Waals surface area contributed by atoms with Crippen molar-refractivity contribution in [1.82, 2.24) is 5.32 Å². The van der Waals surface area contributed by atoms with Gasteiger partial charge >= 0.3 is 5.97 Å². The van der Waals surface area contributed by atoms with E-state index in [4.69, 9.17) is 4.74 Å². The summed E-state index contributed by atoms with van der Waals surface area (Å²) < 4.78 is 5.36. The predicted molar refractivity (Wildman–Crippen MR) is 194 cm³/mol. The summed E-state index contributed by atoms with van der Waals surface area (Å²) in [6.07, 6.45) is 6.51. The summed E-state index contributed by atoms with van der Waals surface area (Å²) >= 11 is 2.81. The highest BCUT2D eigenvalue weighted by Gasteiger charge is 2.28. The van der Waals surface area contributed by atoms with E-state index in [-0.39, 0.29) is 18.2 Å². The molecule has 3 amide bonds. The van der Waals surface area contributed by atoms with Crippen LogP contribution in [0.15, 0.2) is 89.5 Å². The average Bonchev–Trinajstić information content (AvgIpc) is 3.25. The number of carbonyl (C=O) groups excluding carboxylic acids is 4. The fraction of sp³-hybridized carbons (Fsp3) is 0.263. The summed E-state index contributed by atoms with van der Waals surface area (Å²) in [6.45, 7) is 5.82. The normalized spacial score (nSPS) is 13.4. The van der Waals surface area contributed by atoms with E-state index in [0.717, 1.165) is 58.6 Å². The molecule has 1 atom stereocenters. The maximum Gasteiger partial charge on any atom is 0.341 e. The molecular formula is C38H39N3O5S2. The lowest BCUT2D eigenvalue weighted by molar-refractivity contribution is -0.115. The van der Waals surface area contributed by atoms with Crippen LogP contribution in [0, 0.1) is 6.92 Å². The molecule has 0 bridgehead atoms. The van der Waals surface area contributed by atoms with Crippen LogP contribution in [-0.4, -0.2) is 35.5 Å². The van der Waals surface area contributed by atoms with Gasteiger partial charge in [-0.25, -0.2) is 4.79 Å². The lowest BCUT2D eigenvalue weighted by Gasteiger charge is -2.14. The van der Waals surface area contributed by atoms with Gasteiger partial charge in [-0.1, -0.05) is 60.5 Å². The molecule has 48 heavy (non-hydrogen) atoms.